The zero-order valence-electron chi connectivity index (χ0n) is 16.1. The van der Waals surface area contributed by atoms with E-state index in [1.807, 2.05) is 0 Å². The normalized spacial score (nSPS) is 12.4. The van der Waals surface area contributed by atoms with Gasteiger partial charge in [-0.3, -0.25) is 0 Å². The van der Waals surface area contributed by atoms with Gasteiger partial charge in [-0.2, -0.15) is 0 Å². The van der Waals surface area contributed by atoms with Gasteiger partial charge >= 0.3 is 5.97 Å². The molecule has 0 saturated carbocycles. The minimum absolute atomic E-state index is 0.187. The fraction of sp³-hybridized carbons (Fsp3) is 0.368. The molecule has 0 unspecified atom stereocenters. The Morgan fingerprint density at radius 2 is 1.11 bits per heavy atom. The molecule has 9 heteroatoms. The molecule has 0 amide bonds. The third-order valence-corrected chi connectivity index (χ3v) is 4.32. The van der Waals surface area contributed by atoms with E-state index in [1.54, 1.807) is 27.7 Å². The molecule has 0 N–H and O–H groups in total. The molecule has 0 aliphatic heterocycles. The minimum atomic E-state index is -2.20. The number of benzene rings is 2. The molecule has 0 aromatic heterocycles. The standard InChI is InChI=1S/C19H21F5O3Si/c1-9(2)25-19(27-28,26-10(3)4)12-7-5-11(6-8-12)13-14(20)16(22)18(24)17(23)15(13)21/h5-10H,1-4,28H3. The third kappa shape index (κ3) is 4.27. The second kappa shape index (κ2) is 8.69. The SMILES string of the molecule is CC(C)OC(O[SiH3])(OC(C)C)c1ccc(-c2c(F)c(F)c(F)c(F)c2F)cc1. The van der Waals surface area contributed by atoms with E-state index in [1.165, 1.54) is 24.3 Å². The highest BCUT2D eigenvalue weighted by Crippen LogP contribution is 2.35. The molecule has 0 radical (unpaired) electrons. The van der Waals surface area contributed by atoms with Crippen LogP contribution in [0.25, 0.3) is 11.1 Å². The molecule has 2 rings (SSSR count). The van der Waals surface area contributed by atoms with E-state index < -0.39 is 40.6 Å². The lowest BCUT2D eigenvalue weighted by atomic mass is 10.0. The van der Waals surface area contributed by atoms with Crippen LogP contribution < -0.4 is 0 Å². The number of rotatable bonds is 7. The van der Waals surface area contributed by atoms with Crippen molar-refractivity contribution in [1.82, 2.24) is 0 Å². The van der Waals surface area contributed by atoms with Gasteiger partial charge in [0.1, 0.15) is 0 Å². The molecule has 3 nitrogen and oxygen atoms in total. The Kier molecular flexibility index (Phi) is 6.97. The average molecular weight is 420 g/mol. The highest BCUT2D eigenvalue weighted by atomic mass is 28.2. The minimum Gasteiger partial charge on any atom is -0.376 e. The summed E-state index contributed by atoms with van der Waals surface area (Å²) < 4.78 is 85.5. The van der Waals surface area contributed by atoms with Crippen molar-refractivity contribution in [3.8, 4) is 11.1 Å². The Labute approximate surface area is 163 Å². The smallest absolute Gasteiger partial charge is 0.302 e. The lowest BCUT2D eigenvalue weighted by Gasteiger charge is -2.36. The van der Waals surface area contributed by atoms with Crippen LogP contribution in [0.1, 0.15) is 33.3 Å². The maximum atomic E-state index is 14.0. The third-order valence-electron chi connectivity index (χ3n) is 3.79. The van der Waals surface area contributed by atoms with Crippen molar-refractivity contribution in [1.29, 1.82) is 0 Å². The maximum Gasteiger partial charge on any atom is 0.302 e. The quantitative estimate of drug-likeness (QED) is 0.220. The molecular formula is C19H21F5O3Si. The van der Waals surface area contributed by atoms with E-state index in [-0.39, 0.29) is 28.3 Å². The summed E-state index contributed by atoms with van der Waals surface area (Å²) in [6, 6.07) is 5.23. The van der Waals surface area contributed by atoms with Crippen molar-refractivity contribution in [2.45, 2.75) is 45.9 Å². The molecule has 0 aliphatic carbocycles. The molecule has 2 aromatic rings. The first kappa shape index (κ1) is 22.5. The highest BCUT2D eigenvalue weighted by Gasteiger charge is 2.37. The van der Waals surface area contributed by atoms with Crippen molar-refractivity contribution < 1.29 is 35.9 Å². The molecule has 0 spiro atoms. The first-order valence-corrected chi connectivity index (χ1v) is 9.38. The lowest BCUT2D eigenvalue weighted by molar-refractivity contribution is -0.378. The first-order valence-electron chi connectivity index (χ1n) is 8.57. The predicted octanol–water partition coefficient (Wildman–Crippen LogP) is 4.31. The van der Waals surface area contributed by atoms with Gasteiger partial charge in [-0.1, -0.05) is 24.3 Å². The summed E-state index contributed by atoms with van der Waals surface area (Å²) in [6.07, 6.45) is -0.551. The van der Waals surface area contributed by atoms with E-state index in [0.29, 0.717) is 5.56 Å². The van der Waals surface area contributed by atoms with E-state index in [9.17, 15) is 22.0 Å². The van der Waals surface area contributed by atoms with Gasteiger partial charge in [0.15, 0.2) is 33.8 Å². The van der Waals surface area contributed by atoms with Crippen LogP contribution >= 0.6 is 0 Å². The Bertz CT molecular complexity index is 801. The van der Waals surface area contributed by atoms with Crippen molar-refractivity contribution in [3.63, 3.8) is 0 Å². The van der Waals surface area contributed by atoms with Crippen molar-refractivity contribution in [3.05, 3.63) is 58.9 Å². The number of ether oxygens (including phenoxy) is 2. The summed E-state index contributed by atoms with van der Waals surface area (Å²) in [5, 5.41) is 0. The summed E-state index contributed by atoms with van der Waals surface area (Å²) in [5.74, 6) is -11.5. The van der Waals surface area contributed by atoms with Crippen LogP contribution in [0.2, 0.25) is 0 Å². The van der Waals surface area contributed by atoms with Crippen LogP contribution in [0.15, 0.2) is 24.3 Å². The largest absolute Gasteiger partial charge is 0.376 e. The van der Waals surface area contributed by atoms with Gasteiger partial charge in [0.25, 0.3) is 0 Å². The number of hydrogen-bond donors (Lipinski definition) is 0. The Hall–Kier alpha value is -1.81. The predicted molar refractivity (Wildman–Crippen MR) is 96.8 cm³/mol. The molecule has 154 valence electrons. The Balaban J connectivity index is 2.56. The molecule has 0 atom stereocenters. The van der Waals surface area contributed by atoms with Crippen LogP contribution in [0, 0.1) is 29.1 Å². The zero-order valence-corrected chi connectivity index (χ0v) is 18.1. The molecule has 2 aromatic carbocycles. The number of hydrogen-bond acceptors (Lipinski definition) is 3. The fourth-order valence-electron chi connectivity index (χ4n) is 2.70. The van der Waals surface area contributed by atoms with Crippen LogP contribution in [-0.2, 0) is 19.9 Å². The number of halogens is 5. The second-order valence-electron chi connectivity index (χ2n) is 6.62. The Morgan fingerprint density at radius 3 is 1.46 bits per heavy atom. The summed E-state index contributed by atoms with van der Waals surface area (Å²) in [6.45, 7) is 7.12. The lowest BCUT2D eigenvalue weighted by Crippen LogP contribution is -2.40. The van der Waals surface area contributed by atoms with E-state index >= 15 is 0 Å². The highest BCUT2D eigenvalue weighted by molar-refractivity contribution is 5.98. The van der Waals surface area contributed by atoms with Gasteiger partial charge in [-0.05, 0) is 33.3 Å². The van der Waals surface area contributed by atoms with Crippen LogP contribution in [0.4, 0.5) is 22.0 Å². The van der Waals surface area contributed by atoms with Crippen molar-refractivity contribution in [2.75, 3.05) is 0 Å². The molecule has 0 bridgehead atoms. The Morgan fingerprint density at radius 1 is 0.714 bits per heavy atom. The maximum absolute atomic E-state index is 14.0. The molecule has 0 saturated heterocycles. The summed E-state index contributed by atoms with van der Waals surface area (Å²) in [4.78, 5) is 0. The van der Waals surface area contributed by atoms with E-state index in [0.717, 1.165) is 0 Å². The zero-order chi connectivity index (χ0) is 21.2. The van der Waals surface area contributed by atoms with Crippen molar-refractivity contribution in [2.24, 2.45) is 0 Å². The van der Waals surface area contributed by atoms with Crippen LogP contribution in [-0.4, -0.2) is 22.7 Å². The first-order chi connectivity index (χ1) is 13.0. The molecular weight excluding hydrogens is 399 g/mol. The van der Waals surface area contributed by atoms with Crippen molar-refractivity contribution >= 4 is 10.5 Å². The summed E-state index contributed by atoms with van der Waals surface area (Å²) in [7, 11) is 0.248. The fourth-order valence-corrected chi connectivity index (χ4v) is 3.13. The van der Waals surface area contributed by atoms with Gasteiger partial charge in [-0.15, -0.1) is 0 Å². The summed E-state index contributed by atoms with van der Waals surface area (Å²) >= 11 is 0. The van der Waals surface area contributed by atoms with Gasteiger partial charge in [0, 0.05) is 5.56 Å². The average Bonchev–Trinajstić information content (AvgIpc) is 2.64. The van der Waals surface area contributed by atoms with Gasteiger partial charge < -0.3 is 13.9 Å². The van der Waals surface area contributed by atoms with E-state index in [2.05, 4.69) is 0 Å². The molecule has 28 heavy (non-hydrogen) atoms. The molecule has 0 aliphatic rings. The van der Waals surface area contributed by atoms with Gasteiger partial charge in [-0.25, -0.2) is 22.0 Å². The monoisotopic (exact) mass is 420 g/mol. The van der Waals surface area contributed by atoms with E-state index in [4.69, 9.17) is 13.9 Å². The topological polar surface area (TPSA) is 27.7 Å². The molecule has 0 heterocycles. The van der Waals surface area contributed by atoms with Crippen LogP contribution in [0.5, 0.6) is 0 Å². The van der Waals surface area contributed by atoms with Gasteiger partial charge in [0.05, 0.1) is 17.8 Å². The van der Waals surface area contributed by atoms with Crippen LogP contribution in [0.3, 0.4) is 0 Å². The second-order valence-corrected chi connectivity index (χ2v) is 7.02. The molecule has 0 fully saturated rings. The summed E-state index contributed by atoms with van der Waals surface area (Å²) in [5.41, 5.74) is -0.805. The van der Waals surface area contributed by atoms with Gasteiger partial charge in [0.2, 0.25) is 5.82 Å².